The first kappa shape index (κ1) is 45.8. The van der Waals surface area contributed by atoms with Crippen LogP contribution in [-0.4, -0.2) is 116 Å². The Balaban J connectivity index is 0. The highest BCUT2D eigenvalue weighted by molar-refractivity contribution is 5.72. The number of hydrogen-bond acceptors (Lipinski definition) is 11. The van der Waals surface area contributed by atoms with Gasteiger partial charge in [0.1, 0.15) is 0 Å². The van der Waals surface area contributed by atoms with Gasteiger partial charge in [0.05, 0.1) is 25.0 Å². The van der Waals surface area contributed by atoms with E-state index in [0.717, 1.165) is 57.8 Å². The molecule has 0 amide bonds. The third-order valence-electron chi connectivity index (χ3n) is 6.49. The smallest absolute Gasteiger partial charge is 0.308 e. The lowest BCUT2D eigenvalue weighted by Gasteiger charge is -2.09. The van der Waals surface area contributed by atoms with E-state index < -0.39 is 0 Å². The highest BCUT2D eigenvalue weighted by Gasteiger charge is 2.11. The van der Waals surface area contributed by atoms with Crippen molar-refractivity contribution in [3.05, 3.63) is 0 Å². The third-order valence-corrected chi connectivity index (χ3v) is 6.49. The Kier molecular flexibility index (Phi) is 39.5. The van der Waals surface area contributed by atoms with Gasteiger partial charge in [-0.2, -0.15) is 0 Å². The second kappa shape index (κ2) is 38.8. The molecule has 0 aromatic rings. The molecule has 11 heteroatoms. The molecule has 0 aliphatic heterocycles. The Hall–Kier alpha value is -1.34. The van der Waals surface area contributed by atoms with Gasteiger partial charge < -0.3 is 43.0 Å². The summed E-state index contributed by atoms with van der Waals surface area (Å²) in [5, 5.41) is 8.64. The average molecular weight is 653 g/mol. The summed E-state index contributed by atoms with van der Waals surface area (Å²) < 4.78 is 43.2. The Labute approximate surface area is 274 Å². The molecule has 0 bridgehead atoms. The van der Waals surface area contributed by atoms with Crippen LogP contribution in [0.5, 0.6) is 0 Å². The quantitative estimate of drug-likeness (QED) is 0.0725. The summed E-state index contributed by atoms with van der Waals surface area (Å²) in [5.41, 5.74) is 0. The molecule has 0 rings (SSSR count). The van der Waals surface area contributed by atoms with Gasteiger partial charge in [-0.3, -0.25) is 9.59 Å². The van der Waals surface area contributed by atoms with Crippen molar-refractivity contribution in [2.24, 2.45) is 11.8 Å². The highest BCUT2D eigenvalue weighted by Crippen LogP contribution is 2.04. The van der Waals surface area contributed by atoms with Crippen molar-refractivity contribution in [3.8, 4) is 0 Å². The van der Waals surface area contributed by atoms with Crippen LogP contribution in [-0.2, 0) is 47.5 Å². The molecule has 270 valence electrons. The number of carbonyl (C=O) groups is 2. The summed E-state index contributed by atoms with van der Waals surface area (Å²) in [6.07, 6.45) is 8.39. The maximum absolute atomic E-state index is 11.5. The molecule has 45 heavy (non-hydrogen) atoms. The minimum Gasteiger partial charge on any atom is -0.465 e. The van der Waals surface area contributed by atoms with Gasteiger partial charge in [0, 0.05) is 92.3 Å². The Morgan fingerprint density at radius 2 is 0.711 bits per heavy atom. The van der Waals surface area contributed by atoms with Crippen molar-refractivity contribution in [1.82, 2.24) is 0 Å². The SMILES string of the molecule is CCC(C)C(=O)OCCCOCCCOCCCOCCCOCCCOCCCOCCCO.CCCOC(=O)C(C)CC. The Morgan fingerprint density at radius 1 is 0.444 bits per heavy atom. The molecule has 0 saturated heterocycles. The maximum Gasteiger partial charge on any atom is 0.308 e. The molecular weight excluding hydrogens is 584 g/mol. The van der Waals surface area contributed by atoms with Gasteiger partial charge in [0.15, 0.2) is 0 Å². The van der Waals surface area contributed by atoms with Crippen LogP contribution in [0.2, 0.25) is 0 Å². The van der Waals surface area contributed by atoms with Gasteiger partial charge in [-0.25, -0.2) is 0 Å². The van der Waals surface area contributed by atoms with E-state index >= 15 is 0 Å². The standard InChI is InChI=1S/C26H52O9.C8H16O2/c1-3-25(2)26(28)35-24-10-23-34-22-9-21-33-20-8-19-32-18-7-17-31-16-6-15-30-14-5-13-29-12-4-11-27;1-4-6-10-8(9)7(3)5-2/h25,27H,3-24H2,1-2H3;7H,4-6H2,1-3H3. The van der Waals surface area contributed by atoms with Crippen molar-refractivity contribution in [1.29, 1.82) is 0 Å². The largest absolute Gasteiger partial charge is 0.465 e. The number of aliphatic hydroxyl groups is 1. The fraction of sp³-hybridized carbons (Fsp3) is 0.941. The molecule has 1 N–H and O–H groups in total. The topological polar surface area (TPSA) is 128 Å². The van der Waals surface area contributed by atoms with Crippen molar-refractivity contribution in [3.63, 3.8) is 0 Å². The number of hydrogen-bond donors (Lipinski definition) is 1. The Bertz CT molecular complexity index is 607. The molecule has 0 radical (unpaired) electrons. The summed E-state index contributed by atoms with van der Waals surface area (Å²) in [4.78, 5) is 22.4. The lowest BCUT2D eigenvalue weighted by Crippen LogP contribution is -2.15. The van der Waals surface area contributed by atoms with Crippen molar-refractivity contribution in [2.45, 2.75) is 98.8 Å². The number of aliphatic hydroxyl groups excluding tert-OH is 1. The van der Waals surface area contributed by atoms with E-state index in [-0.39, 0.29) is 30.4 Å². The minimum atomic E-state index is -0.125. The average Bonchev–Trinajstić information content (AvgIpc) is 3.06. The van der Waals surface area contributed by atoms with Crippen molar-refractivity contribution >= 4 is 11.9 Å². The summed E-state index contributed by atoms with van der Waals surface area (Å²) in [6.45, 7) is 19.0. The number of esters is 2. The number of rotatable bonds is 33. The van der Waals surface area contributed by atoms with E-state index in [1.807, 2.05) is 34.6 Å². The van der Waals surface area contributed by atoms with E-state index in [0.29, 0.717) is 98.9 Å². The van der Waals surface area contributed by atoms with E-state index in [4.69, 9.17) is 43.0 Å². The predicted octanol–water partition coefficient (Wildman–Crippen LogP) is 5.38. The highest BCUT2D eigenvalue weighted by atomic mass is 16.5. The summed E-state index contributed by atoms with van der Waals surface area (Å²) in [5.74, 6) is -0.156. The van der Waals surface area contributed by atoms with Crippen LogP contribution in [0.3, 0.4) is 0 Å². The minimum absolute atomic E-state index is 0.0278. The molecule has 0 aromatic heterocycles. The molecule has 0 aromatic carbocycles. The zero-order chi connectivity index (χ0) is 33.6. The van der Waals surface area contributed by atoms with Gasteiger partial charge in [-0.15, -0.1) is 0 Å². The molecule has 0 saturated carbocycles. The van der Waals surface area contributed by atoms with Gasteiger partial charge in [-0.05, 0) is 57.8 Å². The van der Waals surface area contributed by atoms with Crippen molar-refractivity contribution in [2.75, 3.05) is 99.1 Å². The molecule has 11 nitrogen and oxygen atoms in total. The molecule has 2 unspecified atom stereocenters. The summed E-state index contributed by atoms with van der Waals surface area (Å²) >= 11 is 0. The maximum atomic E-state index is 11.5. The molecule has 0 aliphatic carbocycles. The zero-order valence-electron chi connectivity index (χ0n) is 29.4. The second-order valence-electron chi connectivity index (χ2n) is 10.8. The fourth-order valence-electron chi connectivity index (χ4n) is 3.25. The number of ether oxygens (including phenoxy) is 8. The molecule has 0 fully saturated rings. The van der Waals surface area contributed by atoms with Crippen LogP contribution in [0.15, 0.2) is 0 Å². The lowest BCUT2D eigenvalue weighted by molar-refractivity contribution is -0.149. The number of carbonyl (C=O) groups excluding carboxylic acids is 2. The van der Waals surface area contributed by atoms with Gasteiger partial charge >= 0.3 is 11.9 Å². The Morgan fingerprint density at radius 3 is 0.978 bits per heavy atom. The van der Waals surface area contributed by atoms with E-state index in [2.05, 4.69) is 0 Å². The van der Waals surface area contributed by atoms with Gasteiger partial charge in [0.25, 0.3) is 0 Å². The lowest BCUT2D eigenvalue weighted by atomic mass is 10.1. The van der Waals surface area contributed by atoms with Crippen LogP contribution >= 0.6 is 0 Å². The normalized spacial score (nSPS) is 12.3. The monoisotopic (exact) mass is 652 g/mol. The second-order valence-corrected chi connectivity index (χ2v) is 10.8. The third kappa shape index (κ3) is 37.0. The van der Waals surface area contributed by atoms with Crippen molar-refractivity contribution < 1.29 is 52.6 Å². The first-order valence-corrected chi connectivity index (χ1v) is 17.3. The molecular formula is C34H68O11. The summed E-state index contributed by atoms with van der Waals surface area (Å²) in [7, 11) is 0. The van der Waals surface area contributed by atoms with E-state index in [1.54, 1.807) is 0 Å². The fourth-order valence-corrected chi connectivity index (χ4v) is 3.25. The van der Waals surface area contributed by atoms with Gasteiger partial charge in [0.2, 0.25) is 0 Å². The first-order chi connectivity index (χ1) is 21.9. The van der Waals surface area contributed by atoms with E-state index in [9.17, 15) is 9.59 Å². The zero-order valence-corrected chi connectivity index (χ0v) is 29.4. The van der Waals surface area contributed by atoms with Crippen LogP contribution in [0.25, 0.3) is 0 Å². The molecule has 2 atom stereocenters. The van der Waals surface area contributed by atoms with Crippen LogP contribution in [0.4, 0.5) is 0 Å². The molecule has 0 heterocycles. The van der Waals surface area contributed by atoms with E-state index in [1.165, 1.54) is 0 Å². The summed E-state index contributed by atoms with van der Waals surface area (Å²) in [6, 6.07) is 0. The van der Waals surface area contributed by atoms with Crippen LogP contribution in [0, 0.1) is 11.8 Å². The molecule has 0 aliphatic rings. The van der Waals surface area contributed by atoms with Crippen LogP contribution in [0.1, 0.15) is 98.8 Å². The molecule has 0 spiro atoms. The predicted molar refractivity (Wildman–Crippen MR) is 175 cm³/mol. The first-order valence-electron chi connectivity index (χ1n) is 17.3. The van der Waals surface area contributed by atoms with Crippen LogP contribution < -0.4 is 0 Å². The van der Waals surface area contributed by atoms with Gasteiger partial charge in [-0.1, -0.05) is 34.6 Å².